The van der Waals surface area contributed by atoms with Crippen LogP contribution in [-0.4, -0.2) is 35.7 Å². The number of hydrogen-bond acceptors (Lipinski definition) is 2. The molecule has 0 bridgehead atoms. The van der Waals surface area contributed by atoms with E-state index in [1.54, 1.807) is 0 Å². The van der Waals surface area contributed by atoms with Crippen LogP contribution in [-0.2, 0) is 0 Å². The van der Waals surface area contributed by atoms with Gasteiger partial charge in [0.15, 0.2) is 0 Å². The summed E-state index contributed by atoms with van der Waals surface area (Å²) in [4.78, 5) is 2.34. The molecule has 2 nitrogen and oxygen atoms in total. The summed E-state index contributed by atoms with van der Waals surface area (Å²) < 4.78 is 0. The van der Waals surface area contributed by atoms with Crippen LogP contribution in [0, 0.1) is 5.92 Å². The predicted molar refractivity (Wildman–Crippen MR) is 44.3 cm³/mol. The van der Waals surface area contributed by atoms with Gasteiger partial charge in [-0.2, -0.15) is 0 Å². The zero-order valence-electron chi connectivity index (χ0n) is 6.74. The van der Waals surface area contributed by atoms with Gasteiger partial charge in [-0.25, -0.2) is 0 Å². The summed E-state index contributed by atoms with van der Waals surface area (Å²) in [6, 6.07) is 0. The third-order valence-corrected chi connectivity index (χ3v) is 2.38. The molecule has 2 aliphatic rings. The van der Waals surface area contributed by atoms with Crippen LogP contribution in [0.2, 0.25) is 0 Å². The highest BCUT2D eigenvalue weighted by atomic mass is 16.3. The third-order valence-electron chi connectivity index (χ3n) is 2.38. The lowest BCUT2D eigenvalue weighted by Gasteiger charge is -2.25. The number of rotatable bonds is 2. The monoisotopic (exact) mass is 153 g/mol. The number of aliphatic hydroxyl groups is 1. The topological polar surface area (TPSA) is 23.5 Å². The van der Waals surface area contributed by atoms with E-state index in [4.69, 9.17) is 0 Å². The molecular weight excluding hydrogens is 138 g/mol. The molecule has 0 spiro atoms. The molecule has 1 aliphatic heterocycles. The molecule has 1 atom stereocenters. The van der Waals surface area contributed by atoms with Crippen LogP contribution in [0.1, 0.15) is 12.8 Å². The molecule has 0 amide bonds. The van der Waals surface area contributed by atoms with Gasteiger partial charge >= 0.3 is 0 Å². The Morgan fingerprint density at radius 1 is 1.45 bits per heavy atom. The lowest BCUT2D eigenvalue weighted by atomic mass is 10.2. The molecule has 1 heterocycles. The number of β-amino-alcohol motifs (C(OH)–C–C–N with tert-alkyl or cyclic N) is 1. The SMILES string of the molecule is OC1C=CCN(CC2CC2)C1. The first-order chi connectivity index (χ1) is 5.34. The fourth-order valence-corrected chi connectivity index (χ4v) is 1.58. The van der Waals surface area contributed by atoms with E-state index in [0.29, 0.717) is 0 Å². The average molecular weight is 153 g/mol. The first-order valence-corrected chi connectivity index (χ1v) is 4.41. The van der Waals surface area contributed by atoms with E-state index in [-0.39, 0.29) is 6.10 Å². The molecule has 0 saturated heterocycles. The highest BCUT2D eigenvalue weighted by molar-refractivity contribution is 4.98. The van der Waals surface area contributed by atoms with Gasteiger partial charge in [0.2, 0.25) is 0 Å². The van der Waals surface area contributed by atoms with Gasteiger partial charge in [-0.05, 0) is 18.8 Å². The largest absolute Gasteiger partial charge is 0.388 e. The molecule has 1 aliphatic carbocycles. The van der Waals surface area contributed by atoms with Gasteiger partial charge in [0.05, 0.1) is 6.10 Å². The van der Waals surface area contributed by atoms with Crippen LogP contribution in [0.25, 0.3) is 0 Å². The predicted octanol–water partition coefficient (Wildman–Crippen LogP) is 0.629. The fourth-order valence-electron chi connectivity index (χ4n) is 1.58. The van der Waals surface area contributed by atoms with Gasteiger partial charge in [0.25, 0.3) is 0 Å². The molecule has 0 aromatic carbocycles. The molecular formula is C9H15NO. The van der Waals surface area contributed by atoms with Crippen molar-refractivity contribution in [2.45, 2.75) is 18.9 Å². The Hall–Kier alpha value is -0.340. The van der Waals surface area contributed by atoms with E-state index < -0.39 is 0 Å². The van der Waals surface area contributed by atoms with Crippen molar-refractivity contribution in [1.82, 2.24) is 4.90 Å². The molecule has 0 aromatic rings. The first-order valence-electron chi connectivity index (χ1n) is 4.41. The molecule has 0 radical (unpaired) electrons. The maximum atomic E-state index is 9.28. The Morgan fingerprint density at radius 2 is 2.27 bits per heavy atom. The second-order valence-electron chi connectivity index (χ2n) is 3.66. The van der Waals surface area contributed by atoms with Crippen molar-refractivity contribution >= 4 is 0 Å². The molecule has 1 saturated carbocycles. The number of hydrogen-bond donors (Lipinski definition) is 1. The van der Waals surface area contributed by atoms with Gasteiger partial charge in [-0.3, -0.25) is 4.90 Å². The summed E-state index contributed by atoms with van der Waals surface area (Å²) in [5, 5.41) is 9.28. The van der Waals surface area contributed by atoms with E-state index >= 15 is 0 Å². The van der Waals surface area contributed by atoms with E-state index in [1.165, 1.54) is 19.4 Å². The third kappa shape index (κ3) is 2.04. The minimum atomic E-state index is -0.220. The van der Waals surface area contributed by atoms with Crippen molar-refractivity contribution in [1.29, 1.82) is 0 Å². The van der Waals surface area contributed by atoms with Crippen LogP contribution in [0.4, 0.5) is 0 Å². The highest BCUT2D eigenvalue weighted by Gasteiger charge is 2.25. The number of aliphatic hydroxyl groups excluding tert-OH is 1. The van der Waals surface area contributed by atoms with Crippen LogP contribution in [0.3, 0.4) is 0 Å². The molecule has 1 unspecified atom stereocenters. The molecule has 11 heavy (non-hydrogen) atoms. The Kier molecular flexibility index (Phi) is 1.96. The van der Waals surface area contributed by atoms with Crippen molar-refractivity contribution in [3.63, 3.8) is 0 Å². The quantitative estimate of drug-likeness (QED) is 0.588. The van der Waals surface area contributed by atoms with Gasteiger partial charge in [-0.1, -0.05) is 12.2 Å². The minimum Gasteiger partial charge on any atom is -0.388 e. The molecule has 1 fully saturated rings. The van der Waals surface area contributed by atoms with Crippen LogP contribution < -0.4 is 0 Å². The molecule has 0 aromatic heterocycles. The second-order valence-corrected chi connectivity index (χ2v) is 3.66. The van der Waals surface area contributed by atoms with Gasteiger partial charge in [-0.15, -0.1) is 0 Å². The Bertz CT molecular complexity index is 163. The van der Waals surface area contributed by atoms with Crippen molar-refractivity contribution in [3.05, 3.63) is 12.2 Å². The standard InChI is InChI=1S/C9H15NO/c11-9-2-1-5-10(7-9)6-8-3-4-8/h1-2,8-9,11H,3-7H2. The fraction of sp³-hybridized carbons (Fsp3) is 0.778. The molecule has 2 rings (SSSR count). The van der Waals surface area contributed by atoms with E-state index in [9.17, 15) is 5.11 Å². The zero-order chi connectivity index (χ0) is 7.68. The summed E-state index contributed by atoms with van der Waals surface area (Å²) >= 11 is 0. The smallest absolute Gasteiger partial charge is 0.0848 e. The second kappa shape index (κ2) is 2.95. The highest BCUT2D eigenvalue weighted by Crippen LogP contribution is 2.29. The van der Waals surface area contributed by atoms with Gasteiger partial charge < -0.3 is 5.11 Å². The maximum absolute atomic E-state index is 9.28. The van der Waals surface area contributed by atoms with E-state index in [0.717, 1.165) is 19.0 Å². The normalized spacial score (nSPS) is 32.6. The lowest BCUT2D eigenvalue weighted by Crippen LogP contribution is -2.36. The summed E-state index contributed by atoms with van der Waals surface area (Å²) in [6.07, 6.45) is 6.54. The van der Waals surface area contributed by atoms with Crippen molar-refractivity contribution in [2.24, 2.45) is 5.92 Å². The lowest BCUT2D eigenvalue weighted by molar-refractivity contribution is 0.141. The van der Waals surface area contributed by atoms with Gasteiger partial charge in [0.1, 0.15) is 0 Å². The van der Waals surface area contributed by atoms with Gasteiger partial charge in [0, 0.05) is 19.6 Å². The van der Waals surface area contributed by atoms with Crippen LogP contribution >= 0.6 is 0 Å². The Balaban J connectivity index is 1.80. The van der Waals surface area contributed by atoms with E-state index in [1.807, 2.05) is 6.08 Å². The molecule has 1 N–H and O–H groups in total. The van der Waals surface area contributed by atoms with Crippen molar-refractivity contribution in [2.75, 3.05) is 19.6 Å². The maximum Gasteiger partial charge on any atom is 0.0848 e. The van der Waals surface area contributed by atoms with E-state index in [2.05, 4.69) is 11.0 Å². The summed E-state index contributed by atoms with van der Waals surface area (Å²) in [5.41, 5.74) is 0. The Morgan fingerprint density at radius 3 is 2.91 bits per heavy atom. The number of nitrogens with zero attached hydrogens (tertiary/aromatic N) is 1. The zero-order valence-corrected chi connectivity index (χ0v) is 6.74. The van der Waals surface area contributed by atoms with Crippen LogP contribution in [0.15, 0.2) is 12.2 Å². The summed E-state index contributed by atoms with van der Waals surface area (Å²) in [5.74, 6) is 0.939. The van der Waals surface area contributed by atoms with Crippen molar-refractivity contribution in [3.8, 4) is 0 Å². The summed E-state index contributed by atoms with van der Waals surface area (Å²) in [6.45, 7) is 3.07. The first kappa shape index (κ1) is 7.32. The molecule has 62 valence electrons. The summed E-state index contributed by atoms with van der Waals surface area (Å²) in [7, 11) is 0. The minimum absolute atomic E-state index is 0.220. The molecule has 2 heteroatoms. The Labute approximate surface area is 67.5 Å². The van der Waals surface area contributed by atoms with Crippen molar-refractivity contribution < 1.29 is 5.11 Å². The van der Waals surface area contributed by atoms with Crippen LogP contribution in [0.5, 0.6) is 0 Å². The average Bonchev–Trinajstić information content (AvgIpc) is 2.71.